The zero-order valence-corrected chi connectivity index (χ0v) is 16.3. The maximum Gasteiger partial charge on any atom is 0.407 e. The maximum absolute atomic E-state index is 12.0. The second-order valence-corrected chi connectivity index (χ2v) is 6.92. The van der Waals surface area contributed by atoms with Crippen LogP contribution in [0.1, 0.15) is 36.7 Å². The summed E-state index contributed by atoms with van der Waals surface area (Å²) in [5.74, 6) is -0.0342. The first-order valence-corrected chi connectivity index (χ1v) is 8.56. The van der Waals surface area contributed by atoms with Gasteiger partial charge in [-0.15, -0.1) is 0 Å². The van der Waals surface area contributed by atoms with Crippen LogP contribution >= 0.6 is 0 Å². The standard InChI is InChI=1S/C21H25NO5/c1-21(2,3)27-20(24)22-13-15-8-6-7-9-16(15)14-10-11-18(25-4)17(12-14)19(23)26-5/h6-12H,13H2,1-5H3,(H,22,24). The second kappa shape index (κ2) is 8.58. The smallest absolute Gasteiger partial charge is 0.407 e. The highest BCUT2D eigenvalue weighted by atomic mass is 16.6. The summed E-state index contributed by atoms with van der Waals surface area (Å²) in [6.07, 6.45) is -0.484. The molecule has 0 spiro atoms. The first kappa shape index (κ1) is 20.3. The number of alkyl carbamates (subject to hydrolysis) is 1. The van der Waals surface area contributed by atoms with Gasteiger partial charge < -0.3 is 19.5 Å². The van der Waals surface area contributed by atoms with E-state index in [-0.39, 0.29) is 0 Å². The molecule has 6 nitrogen and oxygen atoms in total. The normalized spacial score (nSPS) is 10.9. The lowest BCUT2D eigenvalue weighted by atomic mass is 9.97. The molecule has 144 valence electrons. The summed E-state index contributed by atoms with van der Waals surface area (Å²) < 4.78 is 15.3. The fourth-order valence-electron chi connectivity index (χ4n) is 2.58. The Morgan fingerprint density at radius 2 is 1.74 bits per heavy atom. The molecule has 0 aliphatic carbocycles. The predicted molar refractivity (Wildman–Crippen MR) is 103 cm³/mol. The number of benzene rings is 2. The summed E-state index contributed by atoms with van der Waals surface area (Å²) >= 11 is 0. The summed E-state index contributed by atoms with van der Waals surface area (Å²) in [7, 11) is 2.83. The molecule has 0 aromatic heterocycles. The number of amides is 1. The van der Waals surface area contributed by atoms with Crippen LogP contribution in [-0.4, -0.2) is 31.9 Å². The van der Waals surface area contributed by atoms with Crippen LogP contribution in [0.15, 0.2) is 42.5 Å². The lowest BCUT2D eigenvalue weighted by Gasteiger charge is -2.20. The van der Waals surface area contributed by atoms with E-state index >= 15 is 0 Å². The van der Waals surface area contributed by atoms with Gasteiger partial charge >= 0.3 is 12.1 Å². The molecule has 0 fully saturated rings. The number of methoxy groups -OCH3 is 2. The van der Waals surface area contributed by atoms with Crippen LogP contribution in [0, 0.1) is 0 Å². The summed E-state index contributed by atoms with van der Waals surface area (Å²) in [4.78, 5) is 24.0. The molecule has 0 saturated heterocycles. The molecule has 6 heteroatoms. The van der Waals surface area contributed by atoms with E-state index in [1.807, 2.05) is 51.1 Å². The molecular weight excluding hydrogens is 346 g/mol. The molecule has 2 rings (SSSR count). The van der Waals surface area contributed by atoms with Crippen molar-refractivity contribution < 1.29 is 23.8 Å². The van der Waals surface area contributed by atoms with Gasteiger partial charge in [-0.2, -0.15) is 0 Å². The monoisotopic (exact) mass is 371 g/mol. The van der Waals surface area contributed by atoms with Gasteiger partial charge in [-0.25, -0.2) is 9.59 Å². The summed E-state index contributed by atoms with van der Waals surface area (Å²) in [5.41, 5.74) is 2.38. The van der Waals surface area contributed by atoms with Crippen LogP contribution in [0.3, 0.4) is 0 Å². The van der Waals surface area contributed by atoms with Crippen molar-refractivity contribution in [3.8, 4) is 16.9 Å². The van der Waals surface area contributed by atoms with Gasteiger partial charge in [0.15, 0.2) is 0 Å². The van der Waals surface area contributed by atoms with E-state index in [0.717, 1.165) is 16.7 Å². The van der Waals surface area contributed by atoms with Crippen LogP contribution < -0.4 is 10.1 Å². The minimum absolute atomic E-state index is 0.296. The topological polar surface area (TPSA) is 73.9 Å². The first-order valence-electron chi connectivity index (χ1n) is 8.56. The van der Waals surface area contributed by atoms with Crippen molar-refractivity contribution in [3.05, 3.63) is 53.6 Å². The van der Waals surface area contributed by atoms with Crippen LogP contribution in [-0.2, 0) is 16.0 Å². The Kier molecular flexibility index (Phi) is 6.45. The van der Waals surface area contributed by atoms with Crippen molar-refractivity contribution in [2.75, 3.05) is 14.2 Å². The molecule has 0 heterocycles. The Hall–Kier alpha value is -3.02. The zero-order chi connectivity index (χ0) is 20.0. The van der Waals surface area contributed by atoms with Gasteiger partial charge in [0.25, 0.3) is 0 Å². The van der Waals surface area contributed by atoms with Crippen molar-refractivity contribution in [1.29, 1.82) is 0 Å². The van der Waals surface area contributed by atoms with Gasteiger partial charge in [0.1, 0.15) is 16.9 Å². The number of esters is 1. The molecule has 0 saturated carbocycles. The van der Waals surface area contributed by atoms with Crippen LogP contribution in [0.5, 0.6) is 5.75 Å². The molecule has 2 aromatic carbocycles. The Morgan fingerprint density at radius 3 is 2.37 bits per heavy atom. The fourth-order valence-corrected chi connectivity index (χ4v) is 2.58. The molecule has 1 amide bonds. The van der Waals surface area contributed by atoms with Gasteiger partial charge in [-0.3, -0.25) is 0 Å². The zero-order valence-electron chi connectivity index (χ0n) is 16.3. The van der Waals surface area contributed by atoms with E-state index < -0.39 is 17.7 Å². The minimum atomic E-state index is -0.561. The predicted octanol–water partition coefficient (Wildman–Crippen LogP) is 4.17. The van der Waals surface area contributed by atoms with E-state index in [1.54, 1.807) is 12.1 Å². The largest absolute Gasteiger partial charge is 0.496 e. The third kappa shape index (κ3) is 5.48. The fraction of sp³-hybridized carbons (Fsp3) is 0.333. The number of rotatable bonds is 5. The second-order valence-electron chi connectivity index (χ2n) is 6.92. The van der Waals surface area contributed by atoms with Gasteiger partial charge in [0, 0.05) is 6.54 Å². The van der Waals surface area contributed by atoms with Crippen LogP contribution in [0.4, 0.5) is 4.79 Å². The lowest BCUT2D eigenvalue weighted by molar-refractivity contribution is 0.0522. The first-order chi connectivity index (χ1) is 12.7. The Bertz CT molecular complexity index is 824. The van der Waals surface area contributed by atoms with Crippen molar-refractivity contribution in [1.82, 2.24) is 5.32 Å². The summed E-state index contributed by atoms with van der Waals surface area (Å²) in [5, 5.41) is 2.76. The SMILES string of the molecule is COC(=O)c1cc(-c2ccccc2CNC(=O)OC(C)(C)C)ccc1OC. The van der Waals surface area contributed by atoms with Crippen LogP contribution in [0.2, 0.25) is 0 Å². The van der Waals surface area contributed by atoms with Gasteiger partial charge in [-0.05, 0) is 49.6 Å². The number of ether oxygens (including phenoxy) is 3. The molecule has 0 radical (unpaired) electrons. The highest BCUT2D eigenvalue weighted by Crippen LogP contribution is 2.29. The summed E-state index contributed by atoms with van der Waals surface area (Å²) in [6, 6.07) is 12.9. The number of carbonyl (C=O) groups excluding carboxylic acids is 2. The third-order valence-corrected chi connectivity index (χ3v) is 3.76. The molecule has 0 aliphatic heterocycles. The Labute approximate surface area is 159 Å². The molecule has 27 heavy (non-hydrogen) atoms. The third-order valence-electron chi connectivity index (χ3n) is 3.76. The van der Waals surface area contributed by atoms with E-state index in [2.05, 4.69) is 5.32 Å². The number of hydrogen-bond donors (Lipinski definition) is 1. The molecule has 0 atom stereocenters. The quantitative estimate of drug-likeness (QED) is 0.799. The highest BCUT2D eigenvalue weighted by Gasteiger charge is 2.17. The van der Waals surface area contributed by atoms with E-state index in [9.17, 15) is 9.59 Å². The number of nitrogens with one attached hydrogen (secondary N) is 1. The number of carbonyl (C=O) groups is 2. The maximum atomic E-state index is 12.0. The van der Waals surface area contributed by atoms with Gasteiger partial charge in [-0.1, -0.05) is 30.3 Å². The van der Waals surface area contributed by atoms with Crippen LogP contribution in [0.25, 0.3) is 11.1 Å². The molecule has 1 N–H and O–H groups in total. The van der Waals surface area contributed by atoms with Crippen molar-refractivity contribution in [2.24, 2.45) is 0 Å². The van der Waals surface area contributed by atoms with Gasteiger partial charge in [0.2, 0.25) is 0 Å². The number of hydrogen-bond acceptors (Lipinski definition) is 5. The van der Waals surface area contributed by atoms with E-state index in [0.29, 0.717) is 17.9 Å². The molecule has 0 aliphatic rings. The van der Waals surface area contributed by atoms with Crippen molar-refractivity contribution in [3.63, 3.8) is 0 Å². The van der Waals surface area contributed by atoms with Gasteiger partial charge in [0.05, 0.1) is 14.2 Å². The molecule has 0 unspecified atom stereocenters. The lowest BCUT2D eigenvalue weighted by Crippen LogP contribution is -2.32. The average molecular weight is 371 g/mol. The Morgan fingerprint density at radius 1 is 1.04 bits per heavy atom. The van der Waals surface area contributed by atoms with E-state index in [1.165, 1.54) is 14.2 Å². The highest BCUT2D eigenvalue weighted by molar-refractivity contribution is 5.94. The minimum Gasteiger partial charge on any atom is -0.496 e. The van der Waals surface area contributed by atoms with E-state index in [4.69, 9.17) is 14.2 Å². The van der Waals surface area contributed by atoms with Crippen molar-refractivity contribution in [2.45, 2.75) is 32.9 Å². The molecular formula is C21H25NO5. The molecule has 2 aromatic rings. The summed E-state index contributed by atoms with van der Waals surface area (Å²) in [6.45, 7) is 5.73. The Balaban J connectivity index is 2.30. The molecule has 0 bridgehead atoms. The van der Waals surface area contributed by atoms with Crippen molar-refractivity contribution >= 4 is 12.1 Å². The average Bonchev–Trinajstić information content (AvgIpc) is 2.64.